The van der Waals surface area contributed by atoms with Crippen LogP contribution in [0, 0.1) is 6.92 Å². The summed E-state index contributed by atoms with van der Waals surface area (Å²) in [5.74, 6) is 1.25. The highest BCUT2D eigenvalue weighted by atomic mass is 16.5. The Morgan fingerprint density at radius 1 is 1.10 bits per heavy atom. The minimum absolute atomic E-state index is 0.0148. The Bertz CT molecular complexity index is 977. The lowest BCUT2D eigenvalue weighted by atomic mass is 10.1. The first kappa shape index (κ1) is 19.2. The Hall–Kier alpha value is -3.15. The summed E-state index contributed by atoms with van der Waals surface area (Å²) in [4.78, 5) is 21.0. The molecule has 0 N–H and O–H groups in total. The number of benzene rings is 2. The van der Waals surface area contributed by atoms with Crippen molar-refractivity contribution in [2.75, 3.05) is 32.1 Å². The number of rotatable bonds is 6. The number of aromatic nitrogens is 2. The summed E-state index contributed by atoms with van der Waals surface area (Å²) in [6.45, 7) is 3.44. The minimum atomic E-state index is -0.0148. The van der Waals surface area contributed by atoms with E-state index in [4.69, 9.17) is 4.52 Å². The average Bonchev–Trinajstić information content (AvgIpc) is 3.35. The molecule has 2 aromatic carbocycles. The van der Waals surface area contributed by atoms with Crippen molar-refractivity contribution < 1.29 is 9.32 Å². The summed E-state index contributed by atoms with van der Waals surface area (Å²) >= 11 is 0. The number of hydrogen-bond acceptors (Lipinski definition) is 5. The van der Waals surface area contributed by atoms with E-state index in [0.29, 0.717) is 24.7 Å². The highest BCUT2D eigenvalue weighted by Crippen LogP contribution is 2.29. The number of aryl methyl sites for hydroxylation is 1. The number of anilines is 1. The van der Waals surface area contributed by atoms with Crippen LogP contribution in [-0.2, 0) is 11.2 Å². The fraction of sp³-hybridized carbons (Fsp3) is 0.348. The van der Waals surface area contributed by atoms with Crippen molar-refractivity contribution in [1.29, 1.82) is 0 Å². The molecule has 1 fully saturated rings. The second-order valence-corrected chi connectivity index (χ2v) is 7.88. The lowest BCUT2D eigenvalue weighted by Crippen LogP contribution is -2.27. The van der Waals surface area contributed by atoms with E-state index in [0.717, 1.165) is 24.2 Å². The predicted octanol–water partition coefficient (Wildman–Crippen LogP) is 3.67. The fourth-order valence-corrected chi connectivity index (χ4v) is 3.60. The summed E-state index contributed by atoms with van der Waals surface area (Å²) in [6.07, 6.45) is 1.29. The standard InChI is InChI=1S/C23H26N4O2/c1-16-4-6-17(7-5-16)12-13-27-15-19(14-21(27)28)22-24-23(29-25-22)18-8-10-20(11-9-18)26(2)3/h4-11,19H,12-15H2,1-3H3. The third kappa shape index (κ3) is 4.31. The fourth-order valence-electron chi connectivity index (χ4n) is 3.60. The molecule has 6 heteroatoms. The minimum Gasteiger partial charge on any atom is -0.378 e. The number of carbonyl (C=O) groups is 1. The second-order valence-electron chi connectivity index (χ2n) is 7.88. The van der Waals surface area contributed by atoms with E-state index >= 15 is 0 Å². The van der Waals surface area contributed by atoms with Gasteiger partial charge in [-0.05, 0) is 43.2 Å². The number of nitrogens with zero attached hydrogens (tertiary/aromatic N) is 4. The lowest BCUT2D eigenvalue weighted by Gasteiger charge is -2.16. The zero-order valence-electron chi connectivity index (χ0n) is 17.1. The van der Waals surface area contributed by atoms with E-state index < -0.39 is 0 Å². The molecule has 4 rings (SSSR count). The van der Waals surface area contributed by atoms with Gasteiger partial charge < -0.3 is 14.3 Å². The van der Waals surface area contributed by atoms with Gasteiger partial charge in [-0.3, -0.25) is 4.79 Å². The van der Waals surface area contributed by atoms with E-state index in [1.165, 1.54) is 11.1 Å². The Morgan fingerprint density at radius 2 is 1.83 bits per heavy atom. The molecule has 1 aliphatic rings. The molecule has 1 aliphatic heterocycles. The van der Waals surface area contributed by atoms with Gasteiger partial charge in [0, 0.05) is 50.8 Å². The Morgan fingerprint density at radius 3 is 2.52 bits per heavy atom. The van der Waals surface area contributed by atoms with Gasteiger partial charge in [-0.1, -0.05) is 35.0 Å². The maximum absolute atomic E-state index is 12.4. The van der Waals surface area contributed by atoms with Crippen LogP contribution < -0.4 is 4.90 Å². The monoisotopic (exact) mass is 390 g/mol. The van der Waals surface area contributed by atoms with Crippen molar-refractivity contribution in [1.82, 2.24) is 15.0 Å². The van der Waals surface area contributed by atoms with Gasteiger partial charge in [-0.15, -0.1) is 0 Å². The quantitative estimate of drug-likeness (QED) is 0.643. The van der Waals surface area contributed by atoms with Gasteiger partial charge in [0.25, 0.3) is 5.89 Å². The van der Waals surface area contributed by atoms with Gasteiger partial charge in [0.2, 0.25) is 5.91 Å². The van der Waals surface area contributed by atoms with Crippen molar-refractivity contribution in [2.45, 2.75) is 25.7 Å². The van der Waals surface area contributed by atoms with E-state index in [-0.39, 0.29) is 11.8 Å². The van der Waals surface area contributed by atoms with Crippen molar-refractivity contribution in [3.05, 3.63) is 65.5 Å². The molecular formula is C23H26N4O2. The number of amides is 1. The van der Waals surface area contributed by atoms with Crippen molar-refractivity contribution in [3.8, 4) is 11.5 Å². The predicted molar refractivity (Wildman–Crippen MR) is 113 cm³/mol. The molecule has 1 aromatic heterocycles. The van der Waals surface area contributed by atoms with Crippen LogP contribution >= 0.6 is 0 Å². The summed E-state index contributed by atoms with van der Waals surface area (Å²) < 4.78 is 5.47. The maximum atomic E-state index is 12.4. The summed E-state index contributed by atoms with van der Waals surface area (Å²) in [5, 5.41) is 4.15. The Labute approximate surface area is 171 Å². The second kappa shape index (κ2) is 8.07. The van der Waals surface area contributed by atoms with Gasteiger partial charge >= 0.3 is 0 Å². The van der Waals surface area contributed by atoms with Crippen LogP contribution in [0.4, 0.5) is 5.69 Å². The van der Waals surface area contributed by atoms with Crippen LogP contribution in [0.15, 0.2) is 53.1 Å². The van der Waals surface area contributed by atoms with Crippen LogP contribution in [-0.4, -0.2) is 48.1 Å². The highest BCUT2D eigenvalue weighted by Gasteiger charge is 2.33. The molecule has 1 amide bonds. The third-order valence-corrected chi connectivity index (χ3v) is 5.44. The summed E-state index contributed by atoms with van der Waals surface area (Å²) in [7, 11) is 4.00. The van der Waals surface area contributed by atoms with E-state index in [1.807, 2.05) is 48.2 Å². The molecule has 1 atom stereocenters. The van der Waals surface area contributed by atoms with Crippen molar-refractivity contribution >= 4 is 11.6 Å². The summed E-state index contributed by atoms with van der Waals surface area (Å²) in [6, 6.07) is 16.4. The molecule has 0 saturated carbocycles. The van der Waals surface area contributed by atoms with Gasteiger partial charge in [0.1, 0.15) is 0 Å². The van der Waals surface area contributed by atoms with Gasteiger partial charge in [-0.2, -0.15) is 4.98 Å². The SMILES string of the molecule is Cc1ccc(CCN2CC(c3noc(-c4ccc(N(C)C)cc4)n3)CC2=O)cc1. The molecule has 0 bridgehead atoms. The number of likely N-dealkylation sites (tertiary alicyclic amines) is 1. The Balaban J connectivity index is 1.39. The first-order valence-electron chi connectivity index (χ1n) is 9.94. The van der Waals surface area contributed by atoms with Crippen molar-refractivity contribution in [3.63, 3.8) is 0 Å². The normalized spacial score (nSPS) is 16.4. The molecule has 150 valence electrons. The number of carbonyl (C=O) groups excluding carboxylic acids is 1. The van der Waals surface area contributed by atoms with Crippen LogP contribution in [0.3, 0.4) is 0 Å². The Kier molecular flexibility index (Phi) is 5.34. The summed E-state index contributed by atoms with van der Waals surface area (Å²) in [5.41, 5.74) is 4.49. The van der Waals surface area contributed by atoms with E-state index in [9.17, 15) is 4.79 Å². The molecular weight excluding hydrogens is 364 g/mol. The van der Waals surface area contributed by atoms with Gasteiger partial charge in [0.05, 0.1) is 0 Å². The molecule has 0 spiro atoms. The zero-order valence-corrected chi connectivity index (χ0v) is 17.1. The van der Waals surface area contributed by atoms with Crippen LogP contribution in [0.25, 0.3) is 11.5 Å². The maximum Gasteiger partial charge on any atom is 0.257 e. The molecule has 0 aliphatic carbocycles. The van der Waals surface area contributed by atoms with Crippen molar-refractivity contribution in [2.24, 2.45) is 0 Å². The molecule has 1 unspecified atom stereocenters. The first-order chi connectivity index (χ1) is 14.0. The zero-order chi connectivity index (χ0) is 20.4. The van der Waals surface area contributed by atoms with Gasteiger partial charge in [-0.25, -0.2) is 0 Å². The highest BCUT2D eigenvalue weighted by molar-refractivity contribution is 5.79. The van der Waals surface area contributed by atoms with E-state index in [1.54, 1.807) is 0 Å². The molecule has 3 aromatic rings. The first-order valence-corrected chi connectivity index (χ1v) is 9.94. The molecule has 6 nitrogen and oxygen atoms in total. The largest absolute Gasteiger partial charge is 0.378 e. The molecule has 1 saturated heterocycles. The average molecular weight is 390 g/mol. The molecule has 29 heavy (non-hydrogen) atoms. The molecule has 0 radical (unpaired) electrons. The van der Waals surface area contributed by atoms with Crippen LogP contribution in [0.5, 0.6) is 0 Å². The van der Waals surface area contributed by atoms with Gasteiger partial charge in [0.15, 0.2) is 5.82 Å². The topological polar surface area (TPSA) is 62.5 Å². The number of hydrogen-bond donors (Lipinski definition) is 0. The van der Waals surface area contributed by atoms with Crippen LogP contribution in [0.2, 0.25) is 0 Å². The van der Waals surface area contributed by atoms with E-state index in [2.05, 4.69) is 41.3 Å². The lowest BCUT2D eigenvalue weighted by molar-refractivity contribution is -0.127. The third-order valence-electron chi connectivity index (χ3n) is 5.44. The smallest absolute Gasteiger partial charge is 0.257 e. The van der Waals surface area contributed by atoms with Crippen LogP contribution in [0.1, 0.15) is 29.3 Å². The molecule has 2 heterocycles.